The lowest BCUT2D eigenvalue weighted by Gasteiger charge is -2.15. The number of amides is 2. The molecule has 0 aliphatic rings. The van der Waals surface area contributed by atoms with Crippen LogP contribution < -0.4 is 15.4 Å². The van der Waals surface area contributed by atoms with Gasteiger partial charge in [-0.3, -0.25) is 5.32 Å². The van der Waals surface area contributed by atoms with Gasteiger partial charge in [-0.15, -0.1) is 0 Å². The fourth-order valence-corrected chi connectivity index (χ4v) is 3.86. The third-order valence-corrected chi connectivity index (χ3v) is 5.62. The molecular weight excluding hydrogens is 470 g/mol. The van der Waals surface area contributed by atoms with Gasteiger partial charge in [0.1, 0.15) is 23.2 Å². The van der Waals surface area contributed by atoms with Crippen molar-refractivity contribution in [3.8, 4) is 5.88 Å². The molecule has 1 aromatic heterocycles. The van der Waals surface area contributed by atoms with Crippen LogP contribution >= 0.6 is 11.5 Å². The van der Waals surface area contributed by atoms with E-state index >= 15 is 0 Å². The van der Waals surface area contributed by atoms with Crippen LogP contribution in [0.15, 0.2) is 12.1 Å². The molecule has 1 heterocycles. The molecule has 0 aliphatic heterocycles. The summed E-state index contributed by atoms with van der Waals surface area (Å²) in [6.07, 6.45) is 2.63. The molecule has 2 rings (SSSR count). The van der Waals surface area contributed by atoms with Crippen molar-refractivity contribution in [1.82, 2.24) is 14.6 Å². The summed E-state index contributed by atoms with van der Waals surface area (Å²) >= 11 is 0.706. The molecule has 9 nitrogen and oxygen atoms in total. The van der Waals surface area contributed by atoms with E-state index in [9.17, 15) is 28.6 Å². The van der Waals surface area contributed by atoms with E-state index in [0.717, 1.165) is 25.0 Å². The maximum atomic E-state index is 14.0. The van der Waals surface area contributed by atoms with Crippen molar-refractivity contribution in [3.63, 3.8) is 0 Å². The number of aliphatic hydroxyl groups is 1. The molecule has 0 saturated heterocycles. The van der Waals surface area contributed by atoms with E-state index in [-0.39, 0.29) is 33.7 Å². The summed E-state index contributed by atoms with van der Waals surface area (Å²) in [5.74, 6) is -2.98. The number of benzene rings is 1. The van der Waals surface area contributed by atoms with Gasteiger partial charge in [-0.05, 0) is 63.1 Å². The zero-order valence-corrected chi connectivity index (χ0v) is 20.2. The number of anilines is 1. The molecular formula is C22H30F2N4O5S. The molecule has 0 saturated carbocycles. The molecule has 12 heteroatoms. The van der Waals surface area contributed by atoms with E-state index in [1.54, 1.807) is 0 Å². The van der Waals surface area contributed by atoms with E-state index in [1.165, 1.54) is 6.92 Å². The third-order valence-electron chi connectivity index (χ3n) is 4.87. The van der Waals surface area contributed by atoms with E-state index in [4.69, 9.17) is 4.74 Å². The minimum absolute atomic E-state index is 0.0395. The van der Waals surface area contributed by atoms with Gasteiger partial charge in [0.25, 0.3) is 0 Å². The number of carbonyl (C=O) groups is 2. The van der Waals surface area contributed by atoms with Gasteiger partial charge in [-0.2, -0.15) is 4.37 Å². The molecule has 0 aliphatic carbocycles. The van der Waals surface area contributed by atoms with Gasteiger partial charge in [0, 0.05) is 18.7 Å². The molecule has 0 bridgehead atoms. The maximum Gasteiger partial charge on any atom is 0.344 e. The Kier molecular flexibility index (Phi) is 10.6. The molecule has 0 radical (unpaired) electrons. The number of urea groups is 1. The number of rotatable bonds is 13. The number of hydrogen-bond acceptors (Lipinski definition) is 7. The van der Waals surface area contributed by atoms with Crippen LogP contribution in [0.25, 0.3) is 0 Å². The Morgan fingerprint density at radius 1 is 1.21 bits per heavy atom. The molecule has 4 N–H and O–H groups in total. The number of likely N-dealkylation sites (N-methyl/N-ethyl adjacent to an activating group) is 1. The number of aromatic nitrogens is 1. The van der Waals surface area contributed by atoms with E-state index < -0.39 is 30.2 Å². The van der Waals surface area contributed by atoms with Gasteiger partial charge < -0.3 is 25.2 Å². The highest BCUT2D eigenvalue weighted by Gasteiger charge is 2.24. The van der Waals surface area contributed by atoms with Gasteiger partial charge in [-0.25, -0.2) is 18.4 Å². The van der Waals surface area contributed by atoms with E-state index in [0.29, 0.717) is 37.5 Å². The van der Waals surface area contributed by atoms with Crippen LogP contribution in [0.3, 0.4) is 0 Å². The number of unbranched alkanes of at least 4 members (excludes halogenated alkanes) is 2. The average molecular weight is 501 g/mol. The summed E-state index contributed by atoms with van der Waals surface area (Å²) in [5.41, 5.74) is -0.322. The predicted octanol–water partition coefficient (Wildman–Crippen LogP) is 3.61. The van der Waals surface area contributed by atoms with Crippen LogP contribution in [0.1, 0.15) is 47.2 Å². The standard InChI is InChI=1S/C22H30F2N4O5S/c1-13-9-17(24)14(10-16(13)23)12-33-19-18(21(30)31)20(34-27-19)26-22(32)25-8-6-4-5-7-15(29)11-28(2)3/h9-10,15,29H,4-8,11-12H2,1-3H3,(H,30,31)(H2,25,26,32). The Bertz CT molecular complexity index is 986. The normalized spacial score (nSPS) is 12.0. The van der Waals surface area contributed by atoms with Crippen molar-refractivity contribution in [1.29, 1.82) is 0 Å². The molecule has 2 aromatic rings. The SMILES string of the molecule is Cc1cc(F)c(COc2nsc(NC(=O)NCCCCCC(O)CN(C)C)c2C(=O)O)cc1F. The van der Waals surface area contributed by atoms with Gasteiger partial charge >= 0.3 is 12.0 Å². The Balaban J connectivity index is 1.84. The molecule has 1 unspecified atom stereocenters. The van der Waals surface area contributed by atoms with Crippen LogP contribution in [0.5, 0.6) is 5.88 Å². The van der Waals surface area contributed by atoms with Crippen molar-refractivity contribution in [2.75, 3.05) is 32.5 Å². The highest BCUT2D eigenvalue weighted by molar-refractivity contribution is 7.11. The second-order valence-corrected chi connectivity index (χ2v) is 8.90. The number of aromatic carboxylic acids is 1. The number of ether oxygens (including phenoxy) is 1. The van der Waals surface area contributed by atoms with Crippen LogP contribution in [0, 0.1) is 18.6 Å². The minimum atomic E-state index is -1.38. The summed E-state index contributed by atoms with van der Waals surface area (Å²) in [6.45, 7) is 1.97. The minimum Gasteiger partial charge on any atom is -0.477 e. The zero-order valence-electron chi connectivity index (χ0n) is 19.4. The van der Waals surface area contributed by atoms with Crippen molar-refractivity contribution < 1.29 is 33.3 Å². The van der Waals surface area contributed by atoms with Gasteiger partial charge in [0.2, 0.25) is 5.88 Å². The van der Waals surface area contributed by atoms with Crippen LogP contribution in [-0.4, -0.2) is 64.8 Å². The van der Waals surface area contributed by atoms with Crippen LogP contribution in [-0.2, 0) is 6.61 Å². The van der Waals surface area contributed by atoms with E-state index in [2.05, 4.69) is 15.0 Å². The third kappa shape index (κ3) is 8.50. The molecule has 1 atom stereocenters. The van der Waals surface area contributed by atoms with Crippen molar-refractivity contribution >= 4 is 28.5 Å². The highest BCUT2D eigenvalue weighted by atomic mass is 32.1. The lowest BCUT2D eigenvalue weighted by Crippen LogP contribution is -2.29. The number of aryl methyl sites for hydroxylation is 1. The van der Waals surface area contributed by atoms with Gasteiger partial charge in [0.05, 0.1) is 6.10 Å². The number of halogens is 2. The second-order valence-electron chi connectivity index (χ2n) is 8.12. The molecule has 34 heavy (non-hydrogen) atoms. The number of carbonyl (C=O) groups excluding carboxylic acids is 1. The zero-order chi connectivity index (χ0) is 25.3. The molecule has 188 valence electrons. The monoisotopic (exact) mass is 500 g/mol. The molecule has 2 amide bonds. The number of nitrogens with zero attached hydrogens (tertiary/aromatic N) is 2. The Morgan fingerprint density at radius 3 is 2.62 bits per heavy atom. The Morgan fingerprint density at radius 2 is 1.94 bits per heavy atom. The van der Waals surface area contributed by atoms with Crippen molar-refractivity contribution in [2.24, 2.45) is 0 Å². The summed E-state index contributed by atoms with van der Waals surface area (Å²) < 4.78 is 36.9. The second kappa shape index (κ2) is 13.2. The summed E-state index contributed by atoms with van der Waals surface area (Å²) in [5, 5.41) is 24.4. The maximum absolute atomic E-state index is 14.0. The van der Waals surface area contributed by atoms with Gasteiger partial charge in [-0.1, -0.05) is 12.8 Å². The first kappa shape index (κ1) is 27.4. The Hall–Kier alpha value is -2.83. The lowest BCUT2D eigenvalue weighted by molar-refractivity contribution is 0.0693. The van der Waals surface area contributed by atoms with E-state index in [1.807, 2.05) is 19.0 Å². The van der Waals surface area contributed by atoms with Crippen molar-refractivity contribution in [2.45, 2.75) is 45.3 Å². The van der Waals surface area contributed by atoms with Crippen LogP contribution in [0.2, 0.25) is 0 Å². The first-order valence-electron chi connectivity index (χ1n) is 10.8. The predicted molar refractivity (Wildman–Crippen MR) is 125 cm³/mol. The number of nitrogens with one attached hydrogen (secondary N) is 2. The molecule has 0 fully saturated rings. The summed E-state index contributed by atoms with van der Waals surface area (Å²) in [4.78, 5) is 25.7. The lowest BCUT2D eigenvalue weighted by atomic mass is 10.1. The fourth-order valence-electron chi connectivity index (χ4n) is 3.14. The quantitative estimate of drug-likeness (QED) is 0.310. The highest BCUT2D eigenvalue weighted by Crippen LogP contribution is 2.31. The molecule has 0 spiro atoms. The Labute approximate surface area is 200 Å². The average Bonchev–Trinajstić information content (AvgIpc) is 3.14. The summed E-state index contributed by atoms with van der Waals surface area (Å²) in [6, 6.07) is 1.40. The number of carboxylic acid groups (broad SMARTS) is 1. The number of carboxylic acids is 1. The summed E-state index contributed by atoms with van der Waals surface area (Å²) in [7, 11) is 3.79. The smallest absolute Gasteiger partial charge is 0.344 e. The first-order chi connectivity index (χ1) is 16.1. The van der Waals surface area contributed by atoms with Crippen LogP contribution in [0.4, 0.5) is 18.6 Å². The topological polar surface area (TPSA) is 124 Å². The number of hydrogen-bond donors (Lipinski definition) is 4. The first-order valence-corrected chi connectivity index (χ1v) is 11.5. The number of aliphatic hydroxyl groups excluding tert-OH is 1. The molecule has 1 aromatic carbocycles. The largest absolute Gasteiger partial charge is 0.477 e. The van der Waals surface area contributed by atoms with Gasteiger partial charge in [0.15, 0.2) is 5.56 Å². The fraction of sp³-hybridized carbons (Fsp3) is 0.500. The van der Waals surface area contributed by atoms with Crippen molar-refractivity contribution in [3.05, 3.63) is 40.5 Å².